The monoisotopic (exact) mass is 378 g/mol. The maximum atomic E-state index is 9.05. The molecule has 0 radical (unpaired) electrons. The van der Waals surface area contributed by atoms with Crippen molar-refractivity contribution in [3.05, 3.63) is 62.7 Å². The number of halogens is 3. The van der Waals surface area contributed by atoms with Gasteiger partial charge in [-0.05, 0) is 23.8 Å². The van der Waals surface area contributed by atoms with Crippen LogP contribution in [0.3, 0.4) is 0 Å². The standard InChI is InChI=1S/C16H9Cl3N4O/c17-11-5-12(18)16(13(19)6-11)24-8-9-2-1-3-10(4-9)15-14(7-20)21-23-22-15/h1-6H,8H2,(H,21,22,23). The Morgan fingerprint density at radius 3 is 2.58 bits per heavy atom. The Bertz CT molecular complexity index is 910. The number of hydrogen-bond acceptors (Lipinski definition) is 4. The molecule has 3 aromatic rings. The summed E-state index contributed by atoms with van der Waals surface area (Å²) in [6.07, 6.45) is 0. The van der Waals surface area contributed by atoms with Gasteiger partial charge in [0.25, 0.3) is 0 Å². The quantitative estimate of drug-likeness (QED) is 0.701. The normalized spacial score (nSPS) is 10.4. The molecule has 24 heavy (non-hydrogen) atoms. The molecular formula is C16H9Cl3N4O. The van der Waals surface area contributed by atoms with Crippen molar-refractivity contribution in [1.82, 2.24) is 15.4 Å². The van der Waals surface area contributed by atoms with Gasteiger partial charge in [0.05, 0.1) is 10.0 Å². The van der Waals surface area contributed by atoms with E-state index in [1.807, 2.05) is 30.3 Å². The van der Waals surface area contributed by atoms with E-state index in [9.17, 15) is 0 Å². The second-order valence-corrected chi connectivity index (χ2v) is 6.09. The number of aromatic nitrogens is 3. The van der Waals surface area contributed by atoms with Crippen molar-refractivity contribution in [1.29, 1.82) is 5.26 Å². The SMILES string of the molecule is N#Cc1[nH]nnc1-c1cccc(COc2c(Cl)cc(Cl)cc2Cl)c1. The number of nitrogens with one attached hydrogen (secondary N) is 1. The van der Waals surface area contributed by atoms with Crippen molar-refractivity contribution in [3.63, 3.8) is 0 Å². The lowest BCUT2D eigenvalue weighted by Gasteiger charge is -2.11. The second-order valence-electron chi connectivity index (χ2n) is 4.83. The molecular weight excluding hydrogens is 371 g/mol. The van der Waals surface area contributed by atoms with Gasteiger partial charge in [0.2, 0.25) is 0 Å². The Balaban J connectivity index is 1.83. The molecule has 8 heteroatoms. The fraction of sp³-hybridized carbons (Fsp3) is 0.0625. The molecule has 0 saturated heterocycles. The Kier molecular flexibility index (Phi) is 4.91. The molecule has 0 saturated carbocycles. The van der Waals surface area contributed by atoms with Crippen LogP contribution in [-0.4, -0.2) is 15.4 Å². The van der Waals surface area contributed by atoms with Crippen molar-refractivity contribution in [2.45, 2.75) is 6.61 Å². The number of nitriles is 1. The van der Waals surface area contributed by atoms with Crippen LogP contribution in [0.5, 0.6) is 5.75 Å². The Hall–Kier alpha value is -2.26. The van der Waals surface area contributed by atoms with E-state index in [1.54, 1.807) is 12.1 Å². The zero-order valence-corrected chi connectivity index (χ0v) is 14.3. The van der Waals surface area contributed by atoms with Crippen molar-refractivity contribution in [3.8, 4) is 23.1 Å². The van der Waals surface area contributed by atoms with Crippen LogP contribution in [0.2, 0.25) is 15.1 Å². The number of benzene rings is 2. The molecule has 2 aromatic carbocycles. The van der Waals surface area contributed by atoms with E-state index in [-0.39, 0.29) is 6.61 Å². The Labute approximate surface area is 152 Å². The maximum absolute atomic E-state index is 9.05. The van der Waals surface area contributed by atoms with Crippen LogP contribution in [0.1, 0.15) is 11.3 Å². The first-order valence-electron chi connectivity index (χ1n) is 6.76. The molecule has 1 aromatic heterocycles. The van der Waals surface area contributed by atoms with E-state index in [2.05, 4.69) is 15.4 Å². The average Bonchev–Trinajstić information content (AvgIpc) is 3.03. The molecule has 0 bridgehead atoms. The summed E-state index contributed by atoms with van der Waals surface area (Å²) >= 11 is 18.1. The van der Waals surface area contributed by atoms with Crippen molar-refractivity contribution < 1.29 is 4.74 Å². The second kappa shape index (κ2) is 7.10. The third-order valence-electron chi connectivity index (χ3n) is 3.21. The summed E-state index contributed by atoms with van der Waals surface area (Å²) in [7, 11) is 0. The number of nitrogens with zero attached hydrogens (tertiary/aromatic N) is 3. The smallest absolute Gasteiger partial charge is 0.163 e. The topological polar surface area (TPSA) is 74.6 Å². The van der Waals surface area contributed by atoms with Gasteiger partial charge in [-0.15, -0.1) is 5.10 Å². The molecule has 120 valence electrons. The van der Waals surface area contributed by atoms with Crippen LogP contribution in [-0.2, 0) is 6.61 Å². The molecule has 1 heterocycles. The third-order valence-corrected chi connectivity index (χ3v) is 3.99. The third kappa shape index (κ3) is 3.46. The van der Waals surface area contributed by atoms with Crippen molar-refractivity contribution in [2.75, 3.05) is 0 Å². The van der Waals surface area contributed by atoms with Crippen LogP contribution in [0.4, 0.5) is 0 Å². The van der Waals surface area contributed by atoms with Gasteiger partial charge in [-0.25, -0.2) is 5.10 Å². The van der Waals surface area contributed by atoms with Crippen molar-refractivity contribution in [2.24, 2.45) is 0 Å². The maximum Gasteiger partial charge on any atom is 0.163 e. The highest BCUT2D eigenvalue weighted by molar-refractivity contribution is 6.40. The van der Waals surface area contributed by atoms with Gasteiger partial charge in [-0.1, -0.05) is 58.2 Å². The molecule has 0 spiro atoms. The first-order chi connectivity index (χ1) is 11.6. The Morgan fingerprint density at radius 1 is 1.12 bits per heavy atom. The number of hydrogen-bond donors (Lipinski definition) is 1. The number of rotatable bonds is 4. The molecule has 0 aliphatic heterocycles. The highest BCUT2D eigenvalue weighted by Gasteiger charge is 2.12. The largest absolute Gasteiger partial charge is 0.486 e. The molecule has 3 rings (SSSR count). The average molecular weight is 380 g/mol. The Morgan fingerprint density at radius 2 is 1.88 bits per heavy atom. The lowest BCUT2D eigenvalue weighted by molar-refractivity contribution is 0.306. The van der Waals surface area contributed by atoms with Gasteiger partial charge in [0, 0.05) is 10.6 Å². The first kappa shape index (κ1) is 16.6. The fourth-order valence-electron chi connectivity index (χ4n) is 2.14. The number of H-pyrrole nitrogens is 1. The van der Waals surface area contributed by atoms with E-state index in [1.165, 1.54) is 0 Å². The first-order valence-corrected chi connectivity index (χ1v) is 7.89. The predicted molar refractivity (Wildman–Crippen MR) is 92.3 cm³/mol. The van der Waals surface area contributed by atoms with Crippen LogP contribution in [0.25, 0.3) is 11.3 Å². The predicted octanol–water partition coefficient (Wildman–Crippen LogP) is 4.88. The van der Waals surface area contributed by atoms with Gasteiger partial charge in [0.1, 0.15) is 18.4 Å². The molecule has 0 aliphatic rings. The van der Waals surface area contributed by atoms with Crippen LogP contribution in [0, 0.1) is 11.3 Å². The molecule has 0 fully saturated rings. The molecule has 0 unspecified atom stereocenters. The van der Waals surface area contributed by atoms with E-state index in [4.69, 9.17) is 44.8 Å². The van der Waals surface area contributed by atoms with E-state index in [0.717, 1.165) is 11.1 Å². The minimum atomic E-state index is 0.245. The summed E-state index contributed by atoms with van der Waals surface area (Å²) < 4.78 is 5.71. The molecule has 0 amide bonds. The molecule has 5 nitrogen and oxygen atoms in total. The number of aromatic amines is 1. The molecule has 0 aliphatic carbocycles. The van der Waals surface area contributed by atoms with Gasteiger partial charge in [-0.3, -0.25) is 0 Å². The van der Waals surface area contributed by atoms with Gasteiger partial charge < -0.3 is 4.74 Å². The van der Waals surface area contributed by atoms with E-state index >= 15 is 0 Å². The summed E-state index contributed by atoms with van der Waals surface area (Å²) in [6, 6.07) is 12.6. The lowest BCUT2D eigenvalue weighted by atomic mass is 10.1. The summed E-state index contributed by atoms with van der Waals surface area (Å²) in [5.41, 5.74) is 2.41. The van der Waals surface area contributed by atoms with E-state index in [0.29, 0.717) is 32.2 Å². The van der Waals surface area contributed by atoms with Gasteiger partial charge >= 0.3 is 0 Å². The zero-order valence-electron chi connectivity index (χ0n) is 12.1. The zero-order chi connectivity index (χ0) is 17.1. The summed E-state index contributed by atoms with van der Waals surface area (Å²) in [5.74, 6) is 0.368. The number of ether oxygens (including phenoxy) is 1. The lowest BCUT2D eigenvalue weighted by Crippen LogP contribution is -1.97. The highest BCUT2D eigenvalue weighted by Crippen LogP contribution is 2.36. The van der Waals surface area contributed by atoms with Crippen LogP contribution >= 0.6 is 34.8 Å². The minimum absolute atomic E-state index is 0.245. The summed E-state index contributed by atoms with van der Waals surface area (Å²) in [4.78, 5) is 0. The summed E-state index contributed by atoms with van der Waals surface area (Å²) in [5, 5.41) is 20.3. The fourth-order valence-corrected chi connectivity index (χ4v) is 3.06. The minimum Gasteiger partial charge on any atom is -0.486 e. The van der Waals surface area contributed by atoms with Crippen LogP contribution < -0.4 is 4.74 Å². The van der Waals surface area contributed by atoms with Crippen molar-refractivity contribution >= 4 is 34.8 Å². The highest BCUT2D eigenvalue weighted by atomic mass is 35.5. The van der Waals surface area contributed by atoms with E-state index < -0.39 is 0 Å². The van der Waals surface area contributed by atoms with Crippen LogP contribution in [0.15, 0.2) is 36.4 Å². The van der Waals surface area contributed by atoms with Gasteiger partial charge in [0.15, 0.2) is 11.4 Å². The van der Waals surface area contributed by atoms with Gasteiger partial charge in [-0.2, -0.15) is 5.26 Å². The summed E-state index contributed by atoms with van der Waals surface area (Å²) in [6.45, 7) is 0.245. The molecule has 1 N–H and O–H groups in total. The molecule has 0 atom stereocenters.